The molecule has 0 spiro atoms. The second-order valence-corrected chi connectivity index (χ2v) is 3.78. The van der Waals surface area contributed by atoms with Crippen LogP contribution < -0.4 is 4.74 Å². The Kier molecular flexibility index (Phi) is 3.29. The summed E-state index contributed by atoms with van der Waals surface area (Å²) in [6, 6.07) is 5.34. The molecular formula is C11H12O5. The summed E-state index contributed by atoms with van der Waals surface area (Å²) in [4.78, 5) is 21.8. The third kappa shape index (κ3) is 3.06. The van der Waals surface area contributed by atoms with Crippen LogP contribution in [-0.2, 0) is 4.79 Å². The first-order valence-electron chi connectivity index (χ1n) is 4.59. The zero-order valence-corrected chi connectivity index (χ0v) is 8.93. The summed E-state index contributed by atoms with van der Waals surface area (Å²) in [7, 11) is 0. The standard InChI is InChI=1S/C11H12O5/c1-11(2,15)10(14)16-8-5-3-7(4-6-8)9(12)13/h3-6,15H,1-2H3,(H,12,13). The molecule has 0 aromatic heterocycles. The van der Waals surface area contributed by atoms with Crippen LogP contribution in [0.4, 0.5) is 0 Å². The van der Waals surface area contributed by atoms with E-state index >= 15 is 0 Å². The Morgan fingerprint density at radius 3 is 2.06 bits per heavy atom. The van der Waals surface area contributed by atoms with E-state index in [9.17, 15) is 14.7 Å². The van der Waals surface area contributed by atoms with E-state index in [4.69, 9.17) is 9.84 Å². The molecule has 5 nitrogen and oxygen atoms in total. The van der Waals surface area contributed by atoms with Gasteiger partial charge in [-0.25, -0.2) is 9.59 Å². The lowest BCUT2D eigenvalue weighted by Gasteiger charge is -2.15. The summed E-state index contributed by atoms with van der Waals surface area (Å²) >= 11 is 0. The van der Waals surface area contributed by atoms with E-state index in [2.05, 4.69) is 0 Å². The quantitative estimate of drug-likeness (QED) is 0.592. The number of hydrogen-bond donors (Lipinski definition) is 2. The second-order valence-electron chi connectivity index (χ2n) is 3.78. The van der Waals surface area contributed by atoms with Crippen molar-refractivity contribution in [1.29, 1.82) is 0 Å². The maximum absolute atomic E-state index is 11.3. The first-order chi connectivity index (χ1) is 7.30. The Balaban J connectivity index is 2.77. The number of aliphatic hydroxyl groups is 1. The average molecular weight is 224 g/mol. The van der Waals surface area contributed by atoms with Gasteiger partial charge in [0.05, 0.1) is 5.56 Å². The summed E-state index contributed by atoms with van der Waals surface area (Å²) in [5, 5.41) is 18.0. The zero-order valence-electron chi connectivity index (χ0n) is 8.93. The van der Waals surface area contributed by atoms with Crippen molar-refractivity contribution in [2.45, 2.75) is 19.4 Å². The first kappa shape index (κ1) is 12.2. The van der Waals surface area contributed by atoms with Crippen LogP contribution in [0.15, 0.2) is 24.3 Å². The second kappa shape index (κ2) is 4.32. The molecule has 1 rings (SSSR count). The number of carboxylic acids is 1. The van der Waals surface area contributed by atoms with E-state index in [0.29, 0.717) is 0 Å². The molecule has 0 saturated carbocycles. The van der Waals surface area contributed by atoms with Gasteiger partial charge in [-0.1, -0.05) is 0 Å². The predicted octanol–water partition coefficient (Wildman–Crippen LogP) is 1.06. The molecule has 0 unspecified atom stereocenters. The van der Waals surface area contributed by atoms with Gasteiger partial charge in [0.15, 0.2) is 5.60 Å². The van der Waals surface area contributed by atoms with Gasteiger partial charge in [-0.3, -0.25) is 0 Å². The van der Waals surface area contributed by atoms with Gasteiger partial charge in [0.25, 0.3) is 0 Å². The number of aromatic carboxylic acids is 1. The third-order valence-corrected chi connectivity index (χ3v) is 1.81. The fourth-order valence-electron chi connectivity index (χ4n) is 0.897. The Morgan fingerprint density at radius 2 is 1.69 bits per heavy atom. The molecular weight excluding hydrogens is 212 g/mol. The van der Waals surface area contributed by atoms with Crippen molar-refractivity contribution in [2.24, 2.45) is 0 Å². The highest BCUT2D eigenvalue weighted by Crippen LogP contribution is 2.15. The Hall–Kier alpha value is -1.88. The van der Waals surface area contributed by atoms with Crippen LogP contribution in [0.25, 0.3) is 0 Å². The number of rotatable bonds is 3. The van der Waals surface area contributed by atoms with Crippen molar-refractivity contribution >= 4 is 11.9 Å². The number of hydrogen-bond acceptors (Lipinski definition) is 4. The van der Waals surface area contributed by atoms with Crippen molar-refractivity contribution in [3.63, 3.8) is 0 Å². The number of esters is 1. The minimum Gasteiger partial charge on any atom is -0.478 e. The average Bonchev–Trinajstić information content (AvgIpc) is 2.17. The van der Waals surface area contributed by atoms with Crippen molar-refractivity contribution in [2.75, 3.05) is 0 Å². The molecule has 0 heterocycles. The van der Waals surface area contributed by atoms with Crippen LogP contribution in [0.1, 0.15) is 24.2 Å². The maximum Gasteiger partial charge on any atom is 0.342 e. The topological polar surface area (TPSA) is 83.8 Å². The molecule has 5 heteroatoms. The Bertz CT molecular complexity index is 399. The van der Waals surface area contributed by atoms with Crippen LogP contribution in [0.3, 0.4) is 0 Å². The predicted molar refractivity (Wildman–Crippen MR) is 55.3 cm³/mol. The number of ether oxygens (including phenoxy) is 1. The highest BCUT2D eigenvalue weighted by molar-refractivity contribution is 5.88. The van der Waals surface area contributed by atoms with Gasteiger partial charge in [0, 0.05) is 0 Å². The third-order valence-electron chi connectivity index (χ3n) is 1.81. The van der Waals surface area contributed by atoms with Gasteiger partial charge in [0.2, 0.25) is 0 Å². The molecule has 0 bridgehead atoms. The Labute approximate surface area is 92.3 Å². The molecule has 0 atom stereocenters. The van der Waals surface area contributed by atoms with Crippen LogP contribution in [0.2, 0.25) is 0 Å². The van der Waals surface area contributed by atoms with Gasteiger partial charge in [0.1, 0.15) is 5.75 Å². The molecule has 2 N–H and O–H groups in total. The van der Waals surface area contributed by atoms with E-state index in [1.54, 1.807) is 0 Å². The van der Waals surface area contributed by atoms with Crippen molar-refractivity contribution in [1.82, 2.24) is 0 Å². The first-order valence-corrected chi connectivity index (χ1v) is 4.59. The summed E-state index contributed by atoms with van der Waals surface area (Å²) in [5.74, 6) is -1.66. The molecule has 0 saturated heterocycles. The fraction of sp³-hybridized carbons (Fsp3) is 0.273. The number of benzene rings is 1. The molecule has 1 aromatic rings. The van der Waals surface area contributed by atoms with Gasteiger partial charge < -0.3 is 14.9 Å². The SMILES string of the molecule is CC(C)(O)C(=O)Oc1ccc(C(=O)O)cc1. The lowest BCUT2D eigenvalue weighted by atomic mass is 10.1. The highest BCUT2D eigenvalue weighted by atomic mass is 16.6. The summed E-state index contributed by atoms with van der Waals surface area (Å²) in [5.41, 5.74) is -1.48. The minimum atomic E-state index is -1.58. The minimum absolute atomic E-state index is 0.100. The highest BCUT2D eigenvalue weighted by Gasteiger charge is 2.26. The van der Waals surface area contributed by atoms with E-state index in [1.807, 2.05) is 0 Å². The Morgan fingerprint density at radius 1 is 1.19 bits per heavy atom. The summed E-state index contributed by atoms with van der Waals surface area (Å²) in [6.45, 7) is 2.61. The summed E-state index contributed by atoms with van der Waals surface area (Å²) in [6.07, 6.45) is 0. The van der Waals surface area contributed by atoms with Crippen LogP contribution in [-0.4, -0.2) is 27.8 Å². The number of carbonyl (C=O) groups excluding carboxylic acids is 1. The van der Waals surface area contributed by atoms with Crippen LogP contribution >= 0.6 is 0 Å². The molecule has 16 heavy (non-hydrogen) atoms. The molecule has 0 amide bonds. The van der Waals surface area contributed by atoms with E-state index in [1.165, 1.54) is 38.1 Å². The van der Waals surface area contributed by atoms with Crippen LogP contribution in [0, 0.1) is 0 Å². The normalized spacial score (nSPS) is 10.9. The van der Waals surface area contributed by atoms with Gasteiger partial charge >= 0.3 is 11.9 Å². The number of carboxylic acid groups (broad SMARTS) is 1. The van der Waals surface area contributed by atoms with Gasteiger partial charge in [-0.05, 0) is 38.1 Å². The lowest BCUT2D eigenvalue weighted by Crippen LogP contribution is -2.35. The van der Waals surface area contributed by atoms with E-state index in [-0.39, 0.29) is 11.3 Å². The lowest BCUT2D eigenvalue weighted by molar-refractivity contribution is -0.151. The van der Waals surface area contributed by atoms with Gasteiger partial charge in [-0.2, -0.15) is 0 Å². The largest absolute Gasteiger partial charge is 0.478 e. The monoisotopic (exact) mass is 224 g/mol. The molecule has 0 aliphatic heterocycles. The fourth-order valence-corrected chi connectivity index (χ4v) is 0.897. The van der Waals surface area contributed by atoms with Crippen LogP contribution in [0.5, 0.6) is 5.75 Å². The molecule has 0 aliphatic rings. The smallest absolute Gasteiger partial charge is 0.342 e. The zero-order chi connectivity index (χ0) is 12.3. The molecule has 0 aliphatic carbocycles. The maximum atomic E-state index is 11.3. The molecule has 86 valence electrons. The van der Waals surface area contributed by atoms with Crippen molar-refractivity contribution in [3.8, 4) is 5.75 Å². The molecule has 1 aromatic carbocycles. The van der Waals surface area contributed by atoms with E-state index < -0.39 is 17.5 Å². The molecule has 0 radical (unpaired) electrons. The van der Waals surface area contributed by atoms with E-state index in [0.717, 1.165) is 0 Å². The number of carbonyl (C=O) groups is 2. The van der Waals surface area contributed by atoms with Crippen molar-refractivity contribution in [3.05, 3.63) is 29.8 Å². The molecule has 0 fully saturated rings. The van der Waals surface area contributed by atoms with Crippen molar-refractivity contribution < 1.29 is 24.5 Å². The summed E-state index contributed by atoms with van der Waals surface area (Å²) < 4.78 is 4.83. The van der Waals surface area contributed by atoms with Gasteiger partial charge in [-0.15, -0.1) is 0 Å².